The summed E-state index contributed by atoms with van der Waals surface area (Å²) in [6.07, 6.45) is 0. The molecule has 0 aliphatic carbocycles. The van der Waals surface area contributed by atoms with Crippen LogP contribution >= 0.6 is 0 Å². The van der Waals surface area contributed by atoms with Crippen molar-refractivity contribution in [2.24, 2.45) is 0 Å². The largest absolute Gasteiger partial charge is 0.377 e. The first-order valence-corrected chi connectivity index (χ1v) is 2.16. The molecule has 8 heavy (non-hydrogen) atoms. The third kappa shape index (κ3) is 1.61. The van der Waals surface area contributed by atoms with E-state index in [1.807, 2.05) is 0 Å². The van der Waals surface area contributed by atoms with E-state index in [-0.39, 0.29) is 5.70 Å². The smallest absolute Gasteiger partial charge is 0.144 e. The van der Waals surface area contributed by atoms with Crippen molar-refractivity contribution in [2.45, 2.75) is 6.92 Å². The Kier molecular flexibility index (Phi) is 2.63. The zero-order valence-electron chi connectivity index (χ0n) is 4.83. The zero-order valence-corrected chi connectivity index (χ0v) is 4.83. The fourth-order valence-electron chi connectivity index (χ4n) is 0.305. The van der Waals surface area contributed by atoms with Crippen molar-refractivity contribution in [1.29, 1.82) is 5.26 Å². The second-order valence-electron chi connectivity index (χ2n) is 1.27. The van der Waals surface area contributed by atoms with Gasteiger partial charge >= 0.3 is 0 Å². The zero-order chi connectivity index (χ0) is 6.57. The standard InChI is InChI=1S/C5H7FN2/c1-4(6)5(3-7)8-2/h8H,1-2H3/b5-4+. The number of halogens is 1. The van der Waals surface area contributed by atoms with Gasteiger partial charge in [0.25, 0.3) is 0 Å². The minimum Gasteiger partial charge on any atom is -0.377 e. The molecular formula is C5H7FN2. The molecule has 44 valence electrons. The lowest BCUT2D eigenvalue weighted by Crippen LogP contribution is -2.04. The molecular weight excluding hydrogens is 107 g/mol. The van der Waals surface area contributed by atoms with E-state index in [2.05, 4.69) is 5.32 Å². The third-order valence-electron chi connectivity index (χ3n) is 0.706. The fraction of sp³-hybridized carbons (Fsp3) is 0.400. The number of nitrogens with one attached hydrogen (secondary N) is 1. The van der Waals surface area contributed by atoms with Crippen molar-refractivity contribution >= 4 is 0 Å². The van der Waals surface area contributed by atoms with Crippen molar-refractivity contribution in [3.63, 3.8) is 0 Å². The van der Waals surface area contributed by atoms with Crippen LogP contribution in [0.1, 0.15) is 6.92 Å². The molecule has 0 radical (unpaired) electrons. The first-order chi connectivity index (χ1) is 3.72. The van der Waals surface area contributed by atoms with Gasteiger partial charge < -0.3 is 5.32 Å². The minimum absolute atomic E-state index is 0.00926. The summed E-state index contributed by atoms with van der Waals surface area (Å²) in [5.74, 6) is -0.477. The molecule has 0 fully saturated rings. The van der Waals surface area contributed by atoms with Gasteiger partial charge in [-0.05, 0) is 6.92 Å². The normalized spacial score (nSPS) is 11.8. The molecule has 0 unspecified atom stereocenters. The number of hydrogen-bond donors (Lipinski definition) is 1. The van der Waals surface area contributed by atoms with Gasteiger partial charge in [0.05, 0.1) is 0 Å². The molecule has 0 aromatic heterocycles. The Labute approximate surface area is 47.6 Å². The Bertz CT molecular complexity index is 139. The molecule has 3 heteroatoms. The molecule has 0 aromatic rings. The van der Waals surface area contributed by atoms with E-state index >= 15 is 0 Å². The SMILES string of the molecule is CN/C(C#N)=C(\C)F. The lowest BCUT2D eigenvalue weighted by molar-refractivity contribution is 0.622. The van der Waals surface area contributed by atoms with Crippen molar-refractivity contribution in [2.75, 3.05) is 7.05 Å². The monoisotopic (exact) mass is 114 g/mol. The summed E-state index contributed by atoms with van der Waals surface area (Å²) in [6, 6.07) is 1.64. The van der Waals surface area contributed by atoms with E-state index in [0.29, 0.717) is 0 Å². The maximum Gasteiger partial charge on any atom is 0.144 e. The van der Waals surface area contributed by atoms with Crippen LogP contribution in [0.15, 0.2) is 11.5 Å². The van der Waals surface area contributed by atoms with Gasteiger partial charge in [-0.1, -0.05) is 0 Å². The van der Waals surface area contributed by atoms with Gasteiger partial charge in [-0.15, -0.1) is 0 Å². The molecule has 0 aromatic carbocycles. The number of allylic oxidation sites excluding steroid dienone is 2. The predicted octanol–water partition coefficient (Wildman–Crippen LogP) is 0.930. The highest BCUT2D eigenvalue weighted by Crippen LogP contribution is 1.97. The third-order valence-corrected chi connectivity index (χ3v) is 0.706. The highest BCUT2D eigenvalue weighted by atomic mass is 19.1. The van der Waals surface area contributed by atoms with Gasteiger partial charge in [0.15, 0.2) is 0 Å². The van der Waals surface area contributed by atoms with E-state index in [1.54, 1.807) is 6.07 Å². The van der Waals surface area contributed by atoms with E-state index in [4.69, 9.17) is 5.26 Å². The summed E-state index contributed by atoms with van der Waals surface area (Å²) in [7, 11) is 1.50. The predicted molar refractivity (Wildman–Crippen MR) is 28.5 cm³/mol. The highest BCUT2D eigenvalue weighted by Gasteiger charge is 1.93. The van der Waals surface area contributed by atoms with Crippen LogP contribution in [0.5, 0.6) is 0 Å². The van der Waals surface area contributed by atoms with Crippen LogP contribution in [0, 0.1) is 11.3 Å². The Morgan fingerprint density at radius 3 is 2.25 bits per heavy atom. The average Bonchev–Trinajstić information content (AvgIpc) is 1.69. The molecule has 0 rings (SSSR count). The Morgan fingerprint density at radius 1 is 1.75 bits per heavy atom. The van der Waals surface area contributed by atoms with Crippen LogP contribution in [-0.4, -0.2) is 7.05 Å². The second-order valence-corrected chi connectivity index (χ2v) is 1.27. The van der Waals surface area contributed by atoms with E-state index in [0.717, 1.165) is 0 Å². The summed E-state index contributed by atoms with van der Waals surface area (Å²) in [5, 5.41) is 10.5. The van der Waals surface area contributed by atoms with Gasteiger partial charge in [0.2, 0.25) is 0 Å². The quantitative estimate of drug-likeness (QED) is 0.515. The first-order valence-electron chi connectivity index (χ1n) is 2.16. The fourth-order valence-corrected chi connectivity index (χ4v) is 0.305. The van der Waals surface area contributed by atoms with Crippen molar-refractivity contribution in [1.82, 2.24) is 5.32 Å². The van der Waals surface area contributed by atoms with Crippen LogP contribution in [0.4, 0.5) is 4.39 Å². The maximum atomic E-state index is 12.0. The van der Waals surface area contributed by atoms with Crippen LogP contribution in [0.25, 0.3) is 0 Å². The molecule has 0 bridgehead atoms. The van der Waals surface area contributed by atoms with Crippen molar-refractivity contribution in [3.8, 4) is 6.07 Å². The summed E-state index contributed by atoms with van der Waals surface area (Å²) in [4.78, 5) is 0. The lowest BCUT2D eigenvalue weighted by Gasteiger charge is -1.91. The van der Waals surface area contributed by atoms with Gasteiger partial charge in [-0.3, -0.25) is 0 Å². The van der Waals surface area contributed by atoms with Crippen LogP contribution < -0.4 is 5.32 Å². The van der Waals surface area contributed by atoms with Gasteiger partial charge in [0, 0.05) is 7.05 Å². The minimum atomic E-state index is -0.477. The van der Waals surface area contributed by atoms with Crippen molar-refractivity contribution < 1.29 is 4.39 Å². The summed E-state index contributed by atoms with van der Waals surface area (Å²) in [6.45, 7) is 1.23. The molecule has 0 aliphatic heterocycles. The molecule has 0 saturated carbocycles. The Morgan fingerprint density at radius 2 is 2.25 bits per heavy atom. The van der Waals surface area contributed by atoms with Gasteiger partial charge in [-0.25, -0.2) is 4.39 Å². The van der Waals surface area contributed by atoms with Crippen LogP contribution in [-0.2, 0) is 0 Å². The van der Waals surface area contributed by atoms with Crippen LogP contribution in [0.3, 0.4) is 0 Å². The Hall–Kier alpha value is -1.04. The van der Waals surface area contributed by atoms with Gasteiger partial charge in [0.1, 0.15) is 17.6 Å². The molecule has 0 spiro atoms. The first kappa shape index (κ1) is 6.96. The number of rotatable bonds is 1. The molecule has 0 saturated heterocycles. The molecule has 0 amide bonds. The molecule has 1 N–H and O–H groups in total. The molecule has 0 atom stereocenters. The average molecular weight is 114 g/mol. The number of hydrogen-bond acceptors (Lipinski definition) is 2. The van der Waals surface area contributed by atoms with Crippen LogP contribution in [0.2, 0.25) is 0 Å². The van der Waals surface area contributed by atoms with Gasteiger partial charge in [-0.2, -0.15) is 5.26 Å². The number of nitriles is 1. The summed E-state index contributed by atoms with van der Waals surface area (Å²) >= 11 is 0. The van der Waals surface area contributed by atoms with E-state index < -0.39 is 5.83 Å². The highest BCUT2D eigenvalue weighted by molar-refractivity contribution is 5.20. The number of nitrogens with zero attached hydrogens (tertiary/aromatic N) is 1. The second kappa shape index (κ2) is 3.03. The topological polar surface area (TPSA) is 35.8 Å². The van der Waals surface area contributed by atoms with Crippen molar-refractivity contribution in [3.05, 3.63) is 11.5 Å². The molecule has 0 heterocycles. The van der Waals surface area contributed by atoms with E-state index in [9.17, 15) is 4.39 Å². The Balaban J connectivity index is 4.15. The maximum absolute atomic E-state index is 12.0. The molecule has 0 aliphatic rings. The van der Waals surface area contributed by atoms with E-state index in [1.165, 1.54) is 14.0 Å². The lowest BCUT2D eigenvalue weighted by atomic mass is 10.4. The summed E-state index contributed by atoms with van der Waals surface area (Å²) in [5.41, 5.74) is -0.00926. The molecule has 2 nitrogen and oxygen atoms in total. The summed E-state index contributed by atoms with van der Waals surface area (Å²) < 4.78 is 12.0.